The minimum atomic E-state index is 0.244. The molecule has 2 aromatic rings. The van der Waals surface area contributed by atoms with Crippen LogP contribution >= 0.6 is 23.2 Å². The Kier molecular flexibility index (Phi) is 3.43. The van der Waals surface area contributed by atoms with E-state index in [9.17, 15) is 0 Å². The quantitative estimate of drug-likeness (QED) is 0.918. The maximum absolute atomic E-state index is 5.89. The van der Waals surface area contributed by atoms with E-state index in [1.54, 1.807) is 12.1 Å². The van der Waals surface area contributed by atoms with Crippen molar-refractivity contribution in [2.75, 3.05) is 0 Å². The van der Waals surface area contributed by atoms with E-state index in [1.807, 2.05) is 6.07 Å². The summed E-state index contributed by atoms with van der Waals surface area (Å²) in [7, 11) is 0. The van der Waals surface area contributed by atoms with E-state index >= 15 is 0 Å². The topological polar surface area (TPSA) is 64.9 Å². The first-order valence-corrected chi connectivity index (χ1v) is 5.40. The lowest BCUT2D eigenvalue weighted by Gasteiger charge is -1.99. The van der Waals surface area contributed by atoms with Crippen molar-refractivity contribution in [3.63, 3.8) is 0 Å². The molecule has 0 unspecified atom stereocenters. The summed E-state index contributed by atoms with van der Waals surface area (Å²) in [6.45, 7) is 0.244. The maximum atomic E-state index is 5.89. The van der Waals surface area contributed by atoms with Gasteiger partial charge in [0.25, 0.3) is 0 Å². The van der Waals surface area contributed by atoms with E-state index < -0.39 is 0 Å². The highest BCUT2D eigenvalue weighted by molar-refractivity contribution is 6.42. The molecule has 2 N–H and O–H groups in total. The number of benzene rings is 1. The monoisotopic (exact) mass is 257 g/mol. The van der Waals surface area contributed by atoms with Crippen LogP contribution in [0.5, 0.6) is 0 Å². The number of hydrogen-bond acceptors (Lipinski definition) is 4. The summed E-state index contributed by atoms with van der Waals surface area (Å²) in [6, 6.07) is 5.37. The van der Waals surface area contributed by atoms with E-state index in [-0.39, 0.29) is 6.54 Å². The van der Waals surface area contributed by atoms with Gasteiger partial charge in [0.1, 0.15) is 0 Å². The Bertz CT molecular complexity index is 499. The lowest BCUT2D eigenvalue weighted by Crippen LogP contribution is -1.95. The first kappa shape index (κ1) is 11.4. The highest BCUT2D eigenvalue weighted by Gasteiger charge is 2.06. The van der Waals surface area contributed by atoms with Crippen LogP contribution in [0.2, 0.25) is 10.0 Å². The van der Waals surface area contributed by atoms with Crippen molar-refractivity contribution in [2.24, 2.45) is 5.73 Å². The van der Waals surface area contributed by atoms with Crippen LogP contribution in [-0.2, 0) is 13.0 Å². The van der Waals surface area contributed by atoms with Gasteiger partial charge in [0, 0.05) is 0 Å². The molecule has 0 fully saturated rings. The van der Waals surface area contributed by atoms with Crippen molar-refractivity contribution in [1.82, 2.24) is 10.2 Å². The lowest BCUT2D eigenvalue weighted by atomic mass is 10.1. The second-order valence-electron chi connectivity index (χ2n) is 3.22. The smallest absolute Gasteiger partial charge is 0.230 e. The predicted octanol–water partition coefficient (Wildman–Crippen LogP) is 2.43. The zero-order valence-electron chi connectivity index (χ0n) is 8.28. The zero-order valence-corrected chi connectivity index (χ0v) is 9.79. The summed E-state index contributed by atoms with van der Waals surface area (Å²) in [5.74, 6) is 0.939. The van der Waals surface area contributed by atoms with Gasteiger partial charge in [0.15, 0.2) is 0 Å². The number of rotatable bonds is 3. The van der Waals surface area contributed by atoms with E-state index in [0.29, 0.717) is 28.2 Å². The molecular formula is C10H9Cl2N3O. The largest absolute Gasteiger partial charge is 0.424 e. The Labute approximate surface area is 102 Å². The van der Waals surface area contributed by atoms with Crippen molar-refractivity contribution < 1.29 is 4.42 Å². The summed E-state index contributed by atoms with van der Waals surface area (Å²) in [5, 5.41) is 8.67. The van der Waals surface area contributed by atoms with Crippen molar-refractivity contribution in [3.8, 4) is 0 Å². The fraction of sp³-hybridized carbons (Fsp3) is 0.200. The fourth-order valence-corrected chi connectivity index (χ4v) is 1.59. The molecule has 0 amide bonds. The van der Waals surface area contributed by atoms with Gasteiger partial charge in [-0.1, -0.05) is 29.3 Å². The highest BCUT2D eigenvalue weighted by Crippen LogP contribution is 2.23. The van der Waals surface area contributed by atoms with Gasteiger partial charge in [-0.05, 0) is 17.7 Å². The standard InChI is InChI=1S/C10H9Cl2N3O/c11-7-2-1-6(3-8(7)12)4-9-14-15-10(5-13)16-9/h1-3H,4-5,13H2. The number of hydrogen-bond donors (Lipinski definition) is 1. The van der Waals surface area contributed by atoms with Crippen LogP contribution in [0.3, 0.4) is 0 Å². The van der Waals surface area contributed by atoms with Crippen LogP contribution in [-0.4, -0.2) is 10.2 Å². The average molecular weight is 258 g/mol. The van der Waals surface area contributed by atoms with Crippen molar-refractivity contribution in [3.05, 3.63) is 45.6 Å². The summed E-state index contributed by atoms with van der Waals surface area (Å²) in [6.07, 6.45) is 0.518. The molecule has 1 aromatic heterocycles. The average Bonchev–Trinajstić information content (AvgIpc) is 2.71. The minimum absolute atomic E-state index is 0.244. The lowest BCUT2D eigenvalue weighted by molar-refractivity contribution is 0.459. The van der Waals surface area contributed by atoms with Crippen molar-refractivity contribution in [2.45, 2.75) is 13.0 Å². The molecule has 84 valence electrons. The minimum Gasteiger partial charge on any atom is -0.424 e. The van der Waals surface area contributed by atoms with Gasteiger partial charge in [0.2, 0.25) is 11.8 Å². The van der Waals surface area contributed by atoms with E-state index in [1.165, 1.54) is 0 Å². The molecule has 0 atom stereocenters. The molecule has 0 saturated heterocycles. The second kappa shape index (κ2) is 4.82. The summed E-state index contributed by atoms with van der Waals surface area (Å²) in [4.78, 5) is 0. The number of nitrogens with two attached hydrogens (primary N) is 1. The molecule has 6 heteroatoms. The zero-order chi connectivity index (χ0) is 11.5. The van der Waals surface area contributed by atoms with Gasteiger partial charge in [-0.15, -0.1) is 10.2 Å². The molecule has 1 heterocycles. The summed E-state index contributed by atoms with van der Waals surface area (Å²) >= 11 is 11.7. The molecule has 4 nitrogen and oxygen atoms in total. The Balaban J connectivity index is 2.17. The molecule has 1 aromatic carbocycles. The second-order valence-corrected chi connectivity index (χ2v) is 4.03. The third kappa shape index (κ3) is 2.52. The normalized spacial score (nSPS) is 10.7. The van der Waals surface area contributed by atoms with Crippen LogP contribution in [0, 0.1) is 0 Å². The van der Waals surface area contributed by atoms with Gasteiger partial charge in [0.05, 0.1) is 23.0 Å². The highest BCUT2D eigenvalue weighted by atomic mass is 35.5. The number of halogens is 2. The molecule has 0 bridgehead atoms. The van der Waals surface area contributed by atoms with Crippen LogP contribution < -0.4 is 5.73 Å². The SMILES string of the molecule is NCc1nnc(Cc2ccc(Cl)c(Cl)c2)o1. The van der Waals surface area contributed by atoms with Crippen molar-refractivity contribution >= 4 is 23.2 Å². The molecule has 0 aliphatic heterocycles. The van der Waals surface area contributed by atoms with Gasteiger partial charge < -0.3 is 10.2 Å². The van der Waals surface area contributed by atoms with E-state index in [4.69, 9.17) is 33.4 Å². The molecule has 0 spiro atoms. The van der Waals surface area contributed by atoms with Crippen LogP contribution in [0.25, 0.3) is 0 Å². The fourth-order valence-electron chi connectivity index (χ4n) is 1.27. The number of nitrogens with zero attached hydrogens (tertiary/aromatic N) is 2. The first-order valence-electron chi connectivity index (χ1n) is 4.64. The van der Waals surface area contributed by atoms with E-state index in [0.717, 1.165) is 5.56 Å². The number of aromatic nitrogens is 2. The molecule has 16 heavy (non-hydrogen) atoms. The van der Waals surface area contributed by atoms with Gasteiger partial charge in [-0.2, -0.15) is 0 Å². The molecule has 2 rings (SSSR count). The first-order chi connectivity index (χ1) is 7.69. The Morgan fingerprint density at radius 1 is 1.12 bits per heavy atom. The third-order valence-corrected chi connectivity index (χ3v) is 2.76. The van der Waals surface area contributed by atoms with Gasteiger partial charge in [-0.3, -0.25) is 0 Å². The van der Waals surface area contributed by atoms with E-state index in [2.05, 4.69) is 10.2 Å². The molecule has 0 radical (unpaired) electrons. The van der Waals surface area contributed by atoms with Crippen LogP contribution in [0.15, 0.2) is 22.6 Å². The van der Waals surface area contributed by atoms with Crippen molar-refractivity contribution in [1.29, 1.82) is 0 Å². The van der Waals surface area contributed by atoms with Crippen LogP contribution in [0.4, 0.5) is 0 Å². The summed E-state index contributed by atoms with van der Waals surface area (Å²) in [5.41, 5.74) is 6.33. The predicted molar refractivity (Wildman–Crippen MR) is 61.5 cm³/mol. The Hall–Kier alpha value is -1.10. The third-order valence-electron chi connectivity index (χ3n) is 2.02. The molecular weight excluding hydrogens is 249 g/mol. The van der Waals surface area contributed by atoms with Gasteiger partial charge in [-0.25, -0.2) is 0 Å². The Morgan fingerprint density at radius 2 is 1.88 bits per heavy atom. The maximum Gasteiger partial charge on any atom is 0.230 e. The molecule has 0 aliphatic carbocycles. The molecule has 0 aliphatic rings. The summed E-state index contributed by atoms with van der Waals surface area (Å²) < 4.78 is 5.28. The van der Waals surface area contributed by atoms with Crippen LogP contribution in [0.1, 0.15) is 17.3 Å². The molecule has 0 saturated carbocycles. The van der Waals surface area contributed by atoms with Gasteiger partial charge >= 0.3 is 0 Å². The Morgan fingerprint density at radius 3 is 2.50 bits per heavy atom.